The molecule has 1 saturated carbocycles. The third-order valence-corrected chi connectivity index (χ3v) is 8.32. The molecular weight excluding hydrogens is 572 g/mol. The second kappa shape index (κ2) is 12.3. The van der Waals surface area contributed by atoms with E-state index in [1.165, 1.54) is 13.2 Å². The predicted molar refractivity (Wildman–Crippen MR) is 157 cm³/mol. The molecule has 41 heavy (non-hydrogen) atoms. The first-order valence-electron chi connectivity index (χ1n) is 13.8. The van der Waals surface area contributed by atoms with E-state index in [-0.39, 0.29) is 46.9 Å². The number of nitrogens with one attached hydrogen (secondary N) is 1. The van der Waals surface area contributed by atoms with E-state index in [9.17, 15) is 14.4 Å². The maximum atomic E-state index is 15.8. The van der Waals surface area contributed by atoms with Gasteiger partial charge >= 0.3 is 5.97 Å². The third kappa shape index (κ3) is 6.16. The number of carbonyl (C=O) groups excluding carboxylic acids is 2. The van der Waals surface area contributed by atoms with Crippen LogP contribution >= 0.6 is 23.2 Å². The molecule has 2 heterocycles. The van der Waals surface area contributed by atoms with Gasteiger partial charge in [-0.2, -0.15) is 0 Å². The number of nitrogens with zero attached hydrogens (tertiary/aromatic N) is 2. The molecular formula is C30H32Cl2FN3O5. The molecule has 1 aliphatic heterocycles. The molecule has 1 saturated heterocycles. The highest BCUT2D eigenvalue weighted by molar-refractivity contribution is 6.35. The van der Waals surface area contributed by atoms with Crippen molar-refractivity contribution in [1.82, 2.24) is 9.88 Å². The van der Waals surface area contributed by atoms with Gasteiger partial charge in [0.15, 0.2) is 11.6 Å². The molecule has 2 aromatic carbocycles. The Kier molecular flexibility index (Phi) is 8.75. The Morgan fingerprint density at radius 3 is 2.49 bits per heavy atom. The van der Waals surface area contributed by atoms with Gasteiger partial charge in [-0.3, -0.25) is 14.4 Å². The van der Waals surface area contributed by atoms with Crippen LogP contribution in [-0.2, 0) is 16.1 Å². The average Bonchev–Trinajstić information content (AvgIpc) is 3.78. The number of ether oxygens (including phenoxy) is 2. The van der Waals surface area contributed by atoms with Gasteiger partial charge in [-0.1, -0.05) is 29.3 Å². The number of aromatic nitrogens is 1. The number of hydrogen-bond acceptors (Lipinski definition) is 6. The second-order valence-electron chi connectivity index (χ2n) is 10.5. The van der Waals surface area contributed by atoms with Gasteiger partial charge in [0.25, 0.3) is 5.91 Å². The number of carbonyl (C=O) groups is 2. The normalized spacial score (nSPS) is 15.7. The van der Waals surface area contributed by atoms with Crippen LogP contribution in [-0.4, -0.2) is 43.2 Å². The molecule has 2 aliphatic rings. The Bertz CT molecular complexity index is 1550. The van der Waals surface area contributed by atoms with E-state index in [0.717, 1.165) is 12.8 Å². The molecule has 0 radical (unpaired) electrons. The minimum atomic E-state index is -0.594. The van der Waals surface area contributed by atoms with E-state index in [1.807, 2.05) is 9.47 Å². The molecule has 11 heteroatoms. The number of fused-ring (bicyclic) bond motifs is 1. The van der Waals surface area contributed by atoms with Gasteiger partial charge in [-0.25, -0.2) is 4.39 Å². The minimum absolute atomic E-state index is 0.0675. The third-order valence-electron chi connectivity index (χ3n) is 7.73. The summed E-state index contributed by atoms with van der Waals surface area (Å²) in [6.07, 6.45) is 5.03. The van der Waals surface area contributed by atoms with Crippen LogP contribution in [0.1, 0.15) is 61.0 Å². The molecule has 218 valence electrons. The van der Waals surface area contributed by atoms with E-state index in [2.05, 4.69) is 5.32 Å². The summed E-state index contributed by atoms with van der Waals surface area (Å²) in [7, 11) is 1.46. The monoisotopic (exact) mass is 603 g/mol. The van der Waals surface area contributed by atoms with E-state index >= 15 is 4.39 Å². The average molecular weight is 605 g/mol. The van der Waals surface area contributed by atoms with Gasteiger partial charge < -0.3 is 24.3 Å². The van der Waals surface area contributed by atoms with Crippen molar-refractivity contribution in [1.29, 1.82) is 0 Å². The largest absolute Gasteiger partial charge is 0.492 e. The lowest BCUT2D eigenvalue weighted by Crippen LogP contribution is -2.35. The van der Waals surface area contributed by atoms with Crippen LogP contribution in [0.4, 0.5) is 10.1 Å². The van der Waals surface area contributed by atoms with Crippen molar-refractivity contribution in [2.75, 3.05) is 31.7 Å². The number of halogens is 3. The molecule has 1 amide bonds. The van der Waals surface area contributed by atoms with Gasteiger partial charge in [0.1, 0.15) is 11.3 Å². The zero-order valence-corrected chi connectivity index (χ0v) is 24.5. The fourth-order valence-electron chi connectivity index (χ4n) is 5.49. The maximum Gasteiger partial charge on any atom is 0.306 e. The Morgan fingerprint density at radius 1 is 1.12 bits per heavy atom. The van der Waals surface area contributed by atoms with Crippen molar-refractivity contribution in [2.45, 2.75) is 51.6 Å². The summed E-state index contributed by atoms with van der Waals surface area (Å²) in [5.74, 6) is -0.960. The van der Waals surface area contributed by atoms with Crippen molar-refractivity contribution in [3.8, 4) is 5.75 Å². The fourth-order valence-corrected chi connectivity index (χ4v) is 5.96. The quantitative estimate of drug-likeness (QED) is 0.307. The summed E-state index contributed by atoms with van der Waals surface area (Å²) in [6, 6.07) is 6.23. The number of pyridine rings is 1. The molecule has 0 bridgehead atoms. The number of benzene rings is 2. The number of amides is 1. The first-order valence-corrected chi connectivity index (χ1v) is 14.5. The van der Waals surface area contributed by atoms with Crippen LogP contribution in [0.15, 0.2) is 35.3 Å². The van der Waals surface area contributed by atoms with Crippen LogP contribution in [0.2, 0.25) is 10.0 Å². The number of esters is 1. The first-order chi connectivity index (χ1) is 19.7. The highest BCUT2D eigenvalue weighted by Crippen LogP contribution is 2.44. The van der Waals surface area contributed by atoms with Crippen molar-refractivity contribution >= 4 is 51.7 Å². The number of methoxy groups -OCH3 is 1. The summed E-state index contributed by atoms with van der Waals surface area (Å²) in [6.45, 7) is 3.29. The van der Waals surface area contributed by atoms with Crippen LogP contribution in [0, 0.1) is 11.7 Å². The second-order valence-corrected chi connectivity index (χ2v) is 11.3. The van der Waals surface area contributed by atoms with Gasteiger partial charge in [-0.05, 0) is 62.3 Å². The standard InChI is InChI=1S/C30H32Cl2FN3O5/c1-3-41-25(37)12-17-8-10-35(11-9-17)27-24(33)14-21-26(29(27)40-2)36(20-6-7-20)16-22(28(21)38)30(39)34-15-18-4-5-19(31)13-23(18)32/h4-5,13-14,16-17,20H,3,6-12,15H2,1-2H3,(H,34,39). The highest BCUT2D eigenvalue weighted by Gasteiger charge is 2.32. The molecule has 2 fully saturated rings. The minimum Gasteiger partial charge on any atom is -0.492 e. The number of anilines is 1. The zero-order chi connectivity index (χ0) is 29.3. The van der Waals surface area contributed by atoms with Crippen LogP contribution in [0.25, 0.3) is 10.9 Å². The smallest absolute Gasteiger partial charge is 0.306 e. The van der Waals surface area contributed by atoms with Crippen molar-refractivity contribution < 1.29 is 23.5 Å². The summed E-state index contributed by atoms with van der Waals surface area (Å²) in [5, 5.41) is 3.72. The molecule has 5 rings (SSSR count). The van der Waals surface area contributed by atoms with Crippen LogP contribution < -0.4 is 20.4 Å². The predicted octanol–water partition coefficient (Wildman–Crippen LogP) is 5.89. The lowest BCUT2D eigenvalue weighted by atomic mass is 9.93. The van der Waals surface area contributed by atoms with Gasteiger partial charge in [-0.15, -0.1) is 0 Å². The molecule has 1 aromatic heterocycles. The van der Waals surface area contributed by atoms with Crippen molar-refractivity contribution in [3.63, 3.8) is 0 Å². The van der Waals surface area contributed by atoms with Crippen LogP contribution in [0.5, 0.6) is 5.75 Å². The van der Waals surface area contributed by atoms with E-state index < -0.39 is 17.2 Å². The summed E-state index contributed by atoms with van der Waals surface area (Å²) >= 11 is 12.2. The van der Waals surface area contributed by atoms with Gasteiger partial charge in [0.05, 0.1) is 24.6 Å². The number of rotatable bonds is 9. The molecule has 0 atom stereocenters. The van der Waals surface area contributed by atoms with Gasteiger partial charge in [0, 0.05) is 48.3 Å². The zero-order valence-electron chi connectivity index (χ0n) is 23.0. The fraction of sp³-hybridized carbons (Fsp3) is 0.433. The first kappa shape index (κ1) is 29.2. The Morgan fingerprint density at radius 2 is 1.85 bits per heavy atom. The molecule has 1 aliphatic carbocycles. The molecule has 0 spiro atoms. The molecule has 8 nitrogen and oxygen atoms in total. The SMILES string of the molecule is CCOC(=O)CC1CCN(c2c(F)cc3c(=O)c(C(=O)NCc4ccc(Cl)cc4Cl)cn(C4CC4)c3c2OC)CC1. The van der Waals surface area contributed by atoms with Gasteiger partial charge in [0.2, 0.25) is 5.43 Å². The highest BCUT2D eigenvalue weighted by atomic mass is 35.5. The molecule has 1 N–H and O–H groups in total. The number of piperidine rings is 1. The lowest BCUT2D eigenvalue weighted by Gasteiger charge is -2.34. The Labute approximate surface area is 247 Å². The summed E-state index contributed by atoms with van der Waals surface area (Å²) in [4.78, 5) is 40.6. The van der Waals surface area contributed by atoms with Crippen molar-refractivity contribution in [2.24, 2.45) is 5.92 Å². The molecule has 3 aromatic rings. The molecule has 0 unspecified atom stereocenters. The maximum absolute atomic E-state index is 15.8. The van der Waals surface area contributed by atoms with E-state index in [1.54, 1.807) is 31.3 Å². The Hall–Kier alpha value is -3.30. The topological polar surface area (TPSA) is 89.9 Å². The lowest BCUT2D eigenvalue weighted by molar-refractivity contribution is -0.144. The van der Waals surface area contributed by atoms with E-state index in [0.29, 0.717) is 60.1 Å². The van der Waals surface area contributed by atoms with Crippen molar-refractivity contribution in [3.05, 3.63) is 67.7 Å². The summed E-state index contributed by atoms with van der Waals surface area (Å²) in [5.41, 5.74) is 0.758. The Balaban J connectivity index is 1.47. The van der Waals surface area contributed by atoms with Crippen LogP contribution in [0.3, 0.4) is 0 Å². The number of hydrogen-bond donors (Lipinski definition) is 1. The summed E-state index contributed by atoms with van der Waals surface area (Å²) < 4.78 is 28.5. The van der Waals surface area contributed by atoms with E-state index in [4.69, 9.17) is 32.7 Å².